The summed E-state index contributed by atoms with van der Waals surface area (Å²) < 4.78 is 23.1. The Morgan fingerprint density at radius 2 is 1.73 bits per heavy atom. The standard InChI is InChI=1S/C24H29NO4Si/c1-25-10-9-14-11-18(26-2)19(27-3)12-16(14)21-22(25)20-15(24(21)30(4,5)6)7-8-17-23(20)29-13-28-17/h7-8,11-12,22H,9-10,13H2,1-6H3. The van der Waals surface area contributed by atoms with Gasteiger partial charge in [0.05, 0.1) is 28.3 Å². The maximum atomic E-state index is 6.01. The fraction of sp³-hybridized carbons (Fsp3) is 0.417. The quantitative estimate of drug-likeness (QED) is 0.666. The highest BCUT2D eigenvalue weighted by atomic mass is 28.3. The smallest absolute Gasteiger partial charge is 0.231 e. The monoisotopic (exact) mass is 423 g/mol. The number of methoxy groups -OCH3 is 2. The summed E-state index contributed by atoms with van der Waals surface area (Å²) in [5.74, 6) is 3.34. The Bertz CT molecular complexity index is 1070. The minimum atomic E-state index is -1.70. The number of fused-ring (bicyclic) bond motifs is 7. The minimum Gasteiger partial charge on any atom is -0.493 e. The second kappa shape index (κ2) is 6.79. The van der Waals surface area contributed by atoms with E-state index in [1.807, 2.05) is 0 Å². The van der Waals surface area contributed by atoms with Gasteiger partial charge in [-0.2, -0.15) is 0 Å². The lowest BCUT2D eigenvalue weighted by Gasteiger charge is -2.27. The van der Waals surface area contributed by atoms with Gasteiger partial charge < -0.3 is 18.9 Å². The zero-order valence-corrected chi connectivity index (χ0v) is 19.6. The molecular weight excluding hydrogens is 394 g/mol. The van der Waals surface area contributed by atoms with Gasteiger partial charge in [0.25, 0.3) is 0 Å². The second-order valence-electron chi connectivity index (χ2n) is 9.30. The van der Waals surface area contributed by atoms with Crippen LogP contribution in [0.1, 0.15) is 28.3 Å². The predicted octanol–water partition coefficient (Wildman–Crippen LogP) is 4.76. The lowest BCUT2D eigenvalue weighted by molar-refractivity contribution is 0.172. The lowest BCUT2D eigenvalue weighted by Crippen LogP contribution is -2.25. The highest BCUT2D eigenvalue weighted by molar-refractivity contribution is 6.95. The normalized spacial score (nSPS) is 19.9. The van der Waals surface area contributed by atoms with E-state index in [1.165, 1.54) is 33.0 Å². The van der Waals surface area contributed by atoms with Crippen molar-refractivity contribution in [3.63, 3.8) is 0 Å². The van der Waals surface area contributed by atoms with Crippen LogP contribution in [0.4, 0.5) is 0 Å². The van der Waals surface area contributed by atoms with Crippen molar-refractivity contribution in [1.29, 1.82) is 0 Å². The molecule has 2 heterocycles. The summed E-state index contributed by atoms with van der Waals surface area (Å²) in [4.78, 5) is 2.46. The number of benzene rings is 2. The van der Waals surface area contributed by atoms with Crippen LogP contribution in [0, 0.1) is 0 Å². The van der Waals surface area contributed by atoms with Crippen molar-refractivity contribution < 1.29 is 18.9 Å². The number of ether oxygens (including phenoxy) is 4. The number of hydrogen-bond acceptors (Lipinski definition) is 5. The Morgan fingerprint density at radius 3 is 2.43 bits per heavy atom. The third-order valence-corrected chi connectivity index (χ3v) is 8.53. The average molecular weight is 424 g/mol. The van der Waals surface area contributed by atoms with E-state index < -0.39 is 8.07 Å². The summed E-state index contributed by atoms with van der Waals surface area (Å²) in [5, 5.41) is 1.50. The van der Waals surface area contributed by atoms with Gasteiger partial charge in [-0.15, -0.1) is 0 Å². The molecule has 2 aromatic rings. The SMILES string of the molecule is COc1cc2c(cc1OC)C1=C([Si](C)(C)C)c3ccc4c(c3C1N(C)CC2)OCO4. The fourth-order valence-corrected chi connectivity index (χ4v) is 7.35. The summed E-state index contributed by atoms with van der Waals surface area (Å²) >= 11 is 0. The Morgan fingerprint density at radius 1 is 1.00 bits per heavy atom. The first kappa shape index (κ1) is 19.5. The van der Waals surface area contributed by atoms with Gasteiger partial charge in [0, 0.05) is 12.1 Å². The van der Waals surface area contributed by atoms with Crippen molar-refractivity contribution in [2.45, 2.75) is 32.1 Å². The predicted molar refractivity (Wildman–Crippen MR) is 121 cm³/mol. The molecule has 1 atom stereocenters. The molecule has 0 amide bonds. The molecule has 6 heteroatoms. The molecular formula is C24H29NO4Si. The van der Waals surface area contributed by atoms with Gasteiger partial charge >= 0.3 is 0 Å². The van der Waals surface area contributed by atoms with Gasteiger partial charge in [-0.25, -0.2) is 0 Å². The highest BCUT2D eigenvalue weighted by Crippen LogP contribution is 2.58. The van der Waals surface area contributed by atoms with Gasteiger partial charge in [0.2, 0.25) is 6.79 Å². The minimum absolute atomic E-state index is 0.151. The summed E-state index contributed by atoms with van der Waals surface area (Å²) in [6, 6.07) is 8.80. The van der Waals surface area contributed by atoms with Crippen LogP contribution < -0.4 is 18.9 Å². The molecule has 0 aromatic heterocycles. The van der Waals surface area contributed by atoms with Crippen molar-refractivity contribution in [2.24, 2.45) is 0 Å². The Kier molecular flexibility index (Phi) is 4.41. The molecule has 0 radical (unpaired) electrons. The van der Waals surface area contributed by atoms with E-state index in [4.69, 9.17) is 18.9 Å². The molecule has 0 N–H and O–H groups in total. The van der Waals surface area contributed by atoms with Crippen molar-refractivity contribution in [2.75, 3.05) is 34.6 Å². The molecule has 5 nitrogen and oxygen atoms in total. The molecule has 0 saturated carbocycles. The van der Waals surface area contributed by atoms with Crippen LogP contribution in [0.25, 0.3) is 10.8 Å². The van der Waals surface area contributed by atoms with Crippen molar-refractivity contribution >= 4 is 18.8 Å². The molecule has 0 saturated heterocycles. The average Bonchev–Trinajstić information content (AvgIpc) is 3.29. The Labute approximate surface area is 179 Å². The van der Waals surface area contributed by atoms with E-state index in [-0.39, 0.29) is 6.04 Å². The summed E-state index contributed by atoms with van der Waals surface area (Å²) in [6.45, 7) is 8.53. The van der Waals surface area contributed by atoms with Crippen LogP contribution in [0.2, 0.25) is 19.6 Å². The topological polar surface area (TPSA) is 40.2 Å². The molecule has 30 heavy (non-hydrogen) atoms. The van der Waals surface area contributed by atoms with E-state index in [2.05, 4.69) is 55.9 Å². The van der Waals surface area contributed by atoms with Crippen LogP contribution in [0.5, 0.6) is 23.0 Å². The fourth-order valence-electron chi connectivity index (χ4n) is 5.24. The van der Waals surface area contributed by atoms with Crippen LogP contribution in [0.15, 0.2) is 24.3 Å². The molecule has 1 aliphatic carbocycles. The molecule has 0 bridgehead atoms. The molecule has 1 unspecified atom stereocenters. The third-order valence-electron chi connectivity index (χ3n) is 6.49. The van der Waals surface area contributed by atoms with Gasteiger partial charge in [-0.05, 0) is 59.1 Å². The summed E-state index contributed by atoms with van der Waals surface area (Å²) in [5.41, 5.74) is 6.59. The second-order valence-corrected chi connectivity index (χ2v) is 14.3. The number of rotatable bonds is 3. The molecule has 2 aliphatic heterocycles. The van der Waals surface area contributed by atoms with Gasteiger partial charge in [-0.3, -0.25) is 4.90 Å². The first-order chi connectivity index (χ1) is 14.3. The Balaban J connectivity index is 1.85. The molecule has 0 spiro atoms. The maximum Gasteiger partial charge on any atom is 0.231 e. The largest absolute Gasteiger partial charge is 0.493 e. The molecule has 2 aromatic carbocycles. The molecule has 158 valence electrons. The lowest BCUT2D eigenvalue weighted by atomic mass is 9.93. The number of likely N-dealkylation sites (N-methyl/N-ethyl adjacent to an activating group) is 1. The van der Waals surface area contributed by atoms with Gasteiger partial charge in [0.1, 0.15) is 0 Å². The van der Waals surface area contributed by atoms with Crippen molar-refractivity contribution in [3.05, 3.63) is 46.5 Å². The van der Waals surface area contributed by atoms with Gasteiger partial charge in [-0.1, -0.05) is 25.7 Å². The third kappa shape index (κ3) is 2.70. The summed E-state index contributed by atoms with van der Waals surface area (Å²) in [6.07, 6.45) is 0.965. The van der Waals surface area contributed by atoms with Crippen LogP contribution in [-0.2, 0) is 6.42 Å². The number of nitrogens with zero attached hydrogens (tertiary/aromatic N) is 1. The summed E-state index contributed by atoms with van der Waals surface area (Å²) in [7, 11) is 3.93. The maximum absolute atomic E-state index is 6.01. The zero-order valence-electron chi connectivity index (χ0n) is 18.6. The van der Waals surface area contributed by atoms with Crippen molar-refractivity contribution in [1.82, 2.24) is 4.90 Å². The van der Waals surface area contributed by atoms with E-state index in [0.717, 1.165) is 36.0 Å². The molecule has 5 rings (SSSR count). The first-order valence-electron chi connectivity index (χ1n) is 10.5. The zero-order chi connectivity index (χ0) is 21.2. The van der Waals surface area contributed by atoms with Crippen LogP contribution >= 0.6 is 0 Å². The van der Waals surface area contributed by atoms with E-state index >= 15 is 0 Å². The first-order valence-corrected chi connectivity index (χ1v) is 14.0. The van der Waals surface area contributed by atoms with E-state index in [9.17, 15) is 0 Å². The van der Waals surface area contributed by atoms with Crippen LogP contribution in [-0.4, -0.2) is 47.6 Å². The highest BCUT2D eigenvalue weighted by Gasteiger charge is 2.44. The molecule has 0 fully saturated rings. The van der Waals surface area contributed by atoms with Gasteiger partial charge in [0.15, 0.2) is 23.0 Å². The molecule has 3 aliphatic rings. The Hall–Kier alpha value is -2.44. The van der Waals surface area contributed by atoms with Crippen LogP contribution in [0.3, 0.4) is 0 Å². The van der Waals surface area contributed by atoms with E-state index in [1.54, 1.807) is 14.2 Å². The van der Waals surface area contributed by atoms with E-state index in [0.29, 0.717) is 6.79 Å². The van der Waals surface area contributed by atoms with Crippen molar-refractivity contribution in [3.8, 4) is 23.0 Å². The number of hydrogen-bond donors (Lipinski definition) is 0.